The summed E-state index contributed by atoms with van der Waals surface area (Å²) in [5.41, 5.74) is 0.235. The van der Waals surface area contributed by atoms with Crippen LogP contribution in [0, 0.1) is 5.92 Å². The van der Waals surface area contributed by atoms with Crippen LogP contribution in [0.2, 0.25) is 0 Å². The van der Waals surface area contributed by atoms with Gasteiger partial charge in [0.15, 0.2) is 0 Å². The highest BCUT2D eigenvalue weighted by molar-refractivity contribution is 7.97. The summed E-state index contributed by atoms with van der Waals surface area (Å²) in [4.78, 5) is 0.900. The Hall–Kier alpha value is -0.680. The molecule has 0 saturated carbocycles. The number of fused-ring (bicyclic) bond motifs is 1. The molecule has 1 N–H and O–H groups in total. The van der Waals surface area contributed by atoms with Crippen molar-refractivity contribution in [3.8, 4) is 0 Å². The van der Waals surface area contributed by atoms with Crippen molar-refractivity contribution < 1.29 is 13.2 Å². The minimum absolute atomic E-state index is 0.359. The van der Waals surface area contributed by atoms with E-state index in [0.29, 0.717) is 12.3 Å². The topological polar surface area (TPSA) is 12.0 Å². The lowest BCUT2D eigenvalue weighted by molar-refractivity contribution is -0.137. The van der Waals surface area contributed by atoms with Crippen LogP contribution in [0.25, 0.3) is 0 Å². The van der Waals surface area contributed by atoms with E-state index in [9.17, 15) is 13.2 Å². The summed E-state index contributed by atoms with van der Waals surface area (Å²) in [7, 11) is 0. The Balaban J connectivity index is 2.37. The van der Waals surface area contributed by atoms with Gasteiger partial charge in [0.2, 0.25) is 0 Å². The fourth-order valence-corrected chi connectivity index (χ4v) is 2.66. The molecule has 0 amide bonds. The molecule has 0 bridgehead atoms. The Morgan fingerprint density at radius 3 is 2.81 bits per heavy atom. The maximum absolute atomic E-state index is 12.5. The van der Waals surface area contributed by atoms with Crippen molar-refractivity contribution in [2.75, 3.05) is 6.54 Å². The highest BCUT2D eigenvalue weighted by atomic mass is 32.2. The predicted molar refractivity (Wildman–Crippen MR) is 58.2 cm³/mol. The highest BCUT2D eigenvalue weighted by Gasteiger charge is 2.31. The molecule has 0 aromatic heterocycles. The van der Waals surface area contributed by atoms with Crippen LogP contribution in [0.4, 0.5) is 13.2 Å². The number of halogens is 3. The minimum atomic E-state index is -4.25. The van der Waals surface area contributed by atoms with Gasteiger partial charge in [-0.25, -0.2) is 0 Å². The van der Waals surface area contributed by atoms with E-state index < -0.39 is 11.7 Å². The molecule has 0 fully saturated rings. The van der Waals surface area contributed by atoms with Gasteiger partial charge in [0.25, 0.3) is 0 Å². The normalized spacial score (nSPS) is 21.4. The summed E-state index contributed by atoms with van der Waals surface area (Å²) in [6, 6.07) is 3.96. The zero-order valence-corrected chi connectivity index (χ0v) is 9.58. The van der Waals surface area contributed by atoms with Gasteiger partial charge in [0.05, 0.1) is 5.56 Å². The van der Waals surface area contributed by atoms with Crippen molar-refractivity contribution in [2.24, 2.45) is 5.92 Å². The molecular formula is C11H12F3NS. The average molecular weight is 247 g/mol. The lowest BCUT2D eigenvalue weighted by Crippen LogP contribution is -2.13. The van der Waals surface area contributed by atoms with Crippen molar-refractivity contribution in [3.05, 3.63) is 29.3 Å². The summed E-state index contributed by atoms with van der Waals surface area (Å²) in [6.07, 6.45) is -3.55. The van der Waals surface area contributed by atoms with Gasteiger partial charge in [-0.2, -0.15) is 13.2 Å². The minimum Gasteiger partial charge on any atom is -0.260 e. The molecule has 1 aromatic rings. The first-order valence-electron chi connectivity index (χ1n) is 5.06. The van der Waals surface area contributed by atoms with Gasteiger partial charge in [0.1, 0.15) is 0 Å². The third-order valence-electron chi connectivity index (χ3n) is 2.57. The Kier molecular flexibility index (Phi) is 3.17. The van der Waals surface area contributed by atoms with E-state index >= 15 is 0 Å². The lowest BCUT2D eigenvalue weighted by atomic mass is 9.99. The molecule has 88 valence electrons. The van der Waals surface area contributed by atoms with Crippen LogP contribution in [-0.2, 0) is 12.6 Å². The van der Waals surface area contributed by atoms with Crippen LogP contribution in [0.15, 0.2) is 23.1 Å². The highest BCUT2D eigenvalue weighted by Crippen LogP contribution is 2.34. The van der Waals surface area contributed by atoms with Gasteiger partial charge in [-0.3, -0.25) is 4.72 Å². The molecule has 0 radical (unpaired) electrons. The number of alkyl halides is 3. The molecular weight excluding hydrogens is 235 g/mol. The van der Waals surface area contributed by atoms with Gasteiger partial charge >= 0.3 is 6.18 Å². The first-order chi connectivity index (χ1) is 7.47. The Morgan fingerprint density at radius 1 is 1.38 bits per heavy atom. The van der Waals surface area contributed by atoms with Gasteiger partial charge < -0.3 is 0 Å². The summed E-state index contributed by atoms with van der Waals surface area (Å²) < 4.78 is 40.7. The van der Waals surface area contributed by atoms with Crippen LogP contribution >= 0.6 is 11.9 Å². The Labute approximate surface area is 96.6 Å². The SMILES string of the molecule is C[C@@H]1CNSc2ccc(C(F)(F)F)cc2C1. The number of hydrogen-bond donors (Lipinski definition) is 1. The zero-order valence-electron chi connectivity index (χ0n) is 8.77. The lowest BCUT2D eigenvalue weighted by Gasteiger charge is -2.11. The van der Waals surface area contributed by atoms with Crippen LogP contribution in [0.1, 0.15) is 18.1 Å². The largest absolute Gasteiger partial charge is 0.416 e. The van der Waals surface area contributed by atoms with Crippen molar-refractivity contribution >= 4 is 11.9 Å². The third kappa shape index (κ3) is 2.52. The Morgan fingerprint density at radius 2 is 2.12 bits per heavy atom. The number of hydrogen-bond acceptors (Lipinski definition) is 2. The van der Waals surface area contributed by atoms with Gasteiger partial charge in [0, 0.05) is 11.4 Å². The molecule has 0 saturated heterocycles. The fraction of sp³-hybridized carbons (Fsp3) is 0.455. The van der Waals surface area contributed by atoms with Crippen molar-refractivity contribution in [2.45, 2.75) is 24.4 Å². The van der Waals surface area contributed by atoms with Gasteiger partial charge in [-0.15, -0.1) is 0 Å². The molecule has 5 heteroatoms. The average Bonchev–Trinajstić information content (AvgIpc) is 2.35. The first kappa shape index (κ1) is 11.8. The zero-order chi connectivity index (χ0) is 11.8. The molecule has 0 unspecified atom stereocenters. The quantitative estimate of drug-likeness (QED) is 0.704. The molecule has 1 aromatic carbocycles. The summed E-state index contributed by atoms with van der Waals surface area (Å²) >= 11 is 1.42. The second-order valence-electron chi connectivity index (χ2n) is 4.08. The van der Waals surface area contributed by atoms with Crippen LogP contribution in [0.3, 0.4) is 0 Å². The molecule has 16 heavy (non-hydrogen) atoms. The maximum atomic E-state index is 12.5. The monoisotopic (exact) mass is 247 g/mol. The Bertz CT molecular complexity index is 389. The summed E-state index contributed by atoms with van der Waals surface area (Å²) in [5, 5.41) is 0. The van der Waals surface area contributed by atoms with E-state index in [1.807, 2.05) is 6.92 Å². The second-order valence-corrected chi connectivity index (χ2v) is 5.01. The molecule has 1 nitrogen and oxygen atoms in total. The van der Waals surface area contributed by atoms with Crippen LogP contribution in [0.5, 0.6) is 0 Å². The maximum Gasteiger partial charge on any atom is 0.416 e. The third-order valence-corrected chi connectivity index (χ3v) is 3.50. The standard InChI is InChI=1S/C11H12F3NS/c1-7-4-8-5-9(11(12,13)14)2-3-10(8)16-15-6-7/h2-3,5,7,15H,4,6H2,1H3/t7-/m0/s1. The van der Waals surface area contributed by atoms with E-state index in [-0.39, 0.29) is 0 Å². The molecule has 1 heterocycles. The number of benzene rings is 1. The van der Waals surface area contributed by atoms with Crippen molar-refractivity contribution in [1.29, 1.82) is 0 Å². The number of nitrogens with one attached hydrogen (secondary N) is 1. The van der Waals surface area contributed by atoms with Gasteiger partial charge in [-0.05, 0) is 48.0 Å². The van der Waals surface area contributed by atoms with Crippen molar-refractivity contribution in [3.63, 3.8) is 0 Å². The molecule has 1 atom stereocenters. The van der Waals surface area contributed by atoms with E-state index in [1.165, 1.54) is 18.0 Å². The van der Waals surface area contributed by atoms with E-state index in [2.05, 4.69) is 4.72 Å². The summed E-state index contributed by atoms with van der Waals surface area (Å²) in [6.45, 7) is 2.85. The molecule has 1 aliphatic rings. The van der Waals surface area contributed by atoms with Crippen LogP contribution < -0.4 is 4.72 Å². The van der Waals surface area contributed by atoms with E-state index in [0.717, 1.165) is 23.1 Å². The number of rotatable bonds is 0. The molecule has 2 rings (SSSR count). The van der Waals surface area contributed by atoms with Crippen molar-refractivity contribution in [1.82, 2.24) is 4.72 Å². The first-order valence-corrected chi connectivity index (χ1v) is 5.88. The molecule has 0 spiro atoms. The van der Waals surface area contributed by atoms with E-state index in [4.69, 9.17) is 0 Å². The second kappa shape index (κ2) is 4.30. The molecule has 0 aliphatic carbocycles. The fourth-order valence-electron chi connectivity index (χ4n) is 1.72. The molecule has 1 aliphatic heterocycles. The smallest absolute Gasteiger partial charge is 0.260 e. The van der Waals surface area contributed by atoms with E-state index in [1.54, 1.807) is 6.07 Å². The summed E-state index contributed by atoms with van der Waals surface area (Å²) in [5.74, 6) is 0.359. The van der Waals surface area contributed by atoms with Crippen LogP contribution in [-0.4, -0.2) is 6.54 Å². The van der Waals surface area contributed by atoms with Gasteiger partial charge in [-0.1, -0.05) is 6.92 Å². The predicted octanol–water partition coefficient (Wildman–Crippen LogP) is 3.49.